The fourth-order valence-corrected chi connectivity index (χ4v) is 4.80. The van der Waals surface area contributed by atoms with Crippen LogP contribution in [0.15, 0.2) is 36.4 Å². The number of carbonyl (C=O) groups excluding carboxylic acids is 2. The smallest absolute Gasteiger partial charge is 0.254 e. The molecule has 2 N–H and O–H groups in total. The van der Waals surface area contributed by atoms with Crippen molar-refractivity contribution in [3.63, 3.8) is 0 Å². The van der Waals surface area contributed by atoms with Gasteiger partial charge in [-0.2, -0.15) is 0 Å². The van der Waals surface area contributed by atoms with Crippen LogP contribution in [0.2, 0.25) is 10.0 Å². The Morgan fingerprint density at radius 3 is 2.45 bits per heavy atom. The Morgan fingerprint density at radius 2 is 1.84 bits per heavy atom. The molecule has 0 spiro atoms. The highest BCUT2D eigenvalue weighted by atomic mass is 35.5. The molecule has 4 nitrogen and oxygen atoms in total. The topological polar surface area (TPSA) is 58.2 Å². The number of hydrogen-bond donors (Lipinski definition) is 2. The molecule has 2 aliphatic carbocycles. The van der Waals surface area contributed by atoms with Crippen molar-refractivity contribution in [2.75, 3.05) is 5.32 Å². The molecule has 0 heterocycles. The van der Waals surface area contributed by atoms with E-state index in [2.05, 4.69) is 16.6 Å². The predicted octanol–water partition coefficient (Wildman–Crippen LogP) is 5.55. The van der Waals surface area contributed by atoms with Gasteiger partial charge in [-0.05, 0) is 54.8 Å². The summed E-state index contributed by atoms with van der Waals surface area (Å²) in [6.45, 7) is 0. The number of halogens is 5. The lowest BCUT2D eigenvalue weighted by molar-refractivity contribution is -0.117. The first-order valence-electron chi connectivity index (χ1n) is 9.31. The first kappa shape index (κ1) is 22.2. The van der Waals surface area contributed by atoms with Gasteiger partial charge in [-0.3, -0.25) is 9.59 Å². The molecular weight excluding hydrogens is 485 g/mol. The van der Waals surface area contributed by atoms with E-state index in [0.29, 0.717) is 24.1 Å². The zero-order chi connectivity index (χ0) is 22.6. The van der Waals surface area contributed by atoms with Crippen molar-refractivity contribution in [2.24, 2.45) is 5.92 Å². The van der Waals surface area contributed by atoms with Gasteiger partial charge in [0.1, 0.15) is 15.7 Å². The Hall–Kier alpha value is -1.97. The number of nitrogens with one attached hydrogen (secondary N) is 2. The second kappa shape index (κ2) is 7.86. The molecule has 2 atom stereocenters. The molecule has 2 aromatic carbocycles. The van der Waals surface area contributed by atoms with E-state index in [-0.39, 0.29) is 15.6 Å². The molecule has 9 heteroatoms. The lowest BCUT2D eigenvalue weighted by atomic mass is 10.1. The number of rotatable bonds is 5. The summed E-state index contributed by atoms with van der Waals surface area (Å²) in [7, 11) is 0. The Morgan fingerprint density at radius 1 is 1.13 bits per heavy atom. The summed E-state index contributed by atoms with van der Waals surface area (Å²) in [5, 5.41) is 5.86. The van der Waals surface area contributed by atoms with Crippen LogP contribution in [0.25, 0.3) is 0 Å². The highest BCUT2D eigenvalue weighted by molar-refractivity contribution is 6.53. The van der Waals surface area contributed by atoms with Crippen LogP contribution in [0.3, 0.4) is 0 Å². The molecule has 4 rings (SSSR count). The maximum atomic E-state index is 13.7. The third-order valence-corrected chi connectivity index (χ3v) is 6.93. The Kier molecular flexibility index (Phi) is 5.64. The van der Waals surface area contributed by atoms with E-state index in [1.54, 1.807) is 6.07 Å². The monoisotopic (exact) mass is 498 g/mol. The Bertz CT molecular complexity index is 1120. The van der Waals surface area contributed by atoms with Crippen LogP contribution in [-0.4, -0.2) is 21.7 Å². The van der Waals surface area contributed by atoms with Gasteiger partial charge in [-0.25, -0.2) is 4.39 Å². The van der Waals surface area contributed by atoms with E-state index < -0.39 is 39.3 Å². The molecule has 0 bridgehead atoms. The fourth-order valence-electron chi connectivity index (χ4n) is 3.53. The quantitative estimate of drug-likeness (QED) is 0.418. The number of terminal acetylenes is 1. The fraction of sp³-hybridized carbons (Fsp3) is 0.273. The van der Waals surface area contributed by atoms with E-state index in [1.165, 1.54) is 24.3 Å². The maximum Gasteiger partial charge on any atom is 0.254 e. The molecular formula is C22H15Cl4FN2O2. The third kappa shape index (κ3) is 4.36. The number of amides is 2. The summed E-state index contributed by atoms with van der Waals surface area (Å²) >= 11 is 24.7. The highest BCUT2D eigenvalue weighted by Crippen LogP contribution is 2.65. The molecule has 2 aromatic rings. The normalized spacial score (nSPS) is 22.2. The summed E-state index contributed by atoms with van der Waals surface area (Å²) in [5.41, 5.74) is 0.296. The molecule has 2 fully saturated rings. The second-order valence-electron chi connectivity index (χ2n) is 7.70. The predicted molar refractivity (Wildman–Crippen MR) is 120 cm³/mol. The van der Waals surface area contributed by atoms with Crippen LogP contribution in [0.4, 0.5) is 10.1 Å². The second-order valence-corrected chi connectivity index (χ2v) is 9.99. The van der Waals surface area contributed by atoms with Gasteiger partial charge in [0.05, 0.1) is 16.5 Å². The van der Waals surface area contributed by atoms with E-state index in [4.69, 9.17) is 52.8 Å². The molecule has 0 radical (unpaired) electrons. The first-order chi connectivity index (χ1) is 14.6. The largest absolute Gasteiger partial charge is 0.336 e. The van der Waals surface area contributed by atoms with E-state index in [0.717, 1.165) is 6.07 Å². The van der Waals surface area contributed by atoms with Gasteiger partial charge in [0.2, 0.25) is 5.91 Å². The number of hydrogen-bond acceptors (Lipinski definition) is 2. The minimum Gasteiger partial charge on any atom is -0.336 e. The average molecular weight is 500 g/mol. The van der Waals surface area contributed by atoms with Gasteiger partial charge in [0.25, 0.3) is 5.91 Å². The zero-order valence-electron chi connectivity index (χ0n) is 15.8. The van der Waals surface area contributed by atoms with Crippen molar-refractivity contribution in [2.45, 2.75) is 28.6 Å². The summed E-state index contributed by atoms with van der Waals surface area (Å²) < 4.78 is 12.3. The summed E-state index contributed by atoms with van der Waals surface area (Å²) in [6, 6.07) is 8.40. The van der Waals surface area contributed by atoms with Gasteiger partial charge in [-0.1, -0.05) is 29.1 Å². The first-order valence-corrected chi connectivity index (χ1v) is 10.8. The molecule has 2 saturated carbocycles. The third-order valence-electron chi connectivity index (χ3n) is 5.44. The van der Waals surface area contributed by atoms with Gasteiger partial charge in [-0.15, -0.1) is 29.6 Å². The van der Waals surface area contributed by atoms with Crippen molar-refractivity contribution < 1.29 is 14.0 Å². The minimum atomic E-state index is -1.42. The Labute approximate surface area is 198 Å². The number of alkyl halides is 2. The number of anilines is 1. The van der Waals surface area contributed by atoms with E-state index in [9.17, 15) is 14.0 Å². The van der Waals surface area contributed by atoms with Gasteiger partial charge in [0, 0.05) is 16.6 Å². The zero-order valence-corrected chi connectivity index (χ0v) is 18.8. The molecule has 0 aromatic heterocycles. The van der Waals surface area contributed by atoms with Crippen molar-refractivity contribution in [3.05, 3.63) is 63.4 Å². The van der Waals surface area contributed by atoms with Crippen LogP contribution in [0.5, 0.6) is 0 Å². The van der Waals surface area contributed by atoms with Crippen molar-refractivity contribution in [1.82, 2.24) is 5.32 Å². The number of carbonyl (C=O) groups is 2. The number of benzene rings is 2. The molecule has 2 amide bonds. The average Bonchev–Trinajstić information content (AvgIpc) is 3.57. The van der Waals surface area contributed by atoms with Crippen LogP contribution < -0.4 is 10.6 Å². The van der Waals surface area contributed by atoms with Crippen molar-refractivity contribution >= 4 is 63.9 Å². The molecule has 2 unspecified atom stereocenters. The summed E-state index contributed by atoms with van der Waals surface area (Å²) in [4.78, 5) is 25.4. The Balaban J connectivity index is 1.51. The van der Waals surface area contributed by atoms with Crippen LogP contribution in [0.1, 0.15) is 34.7 Å². The van der Waals surface area contributed by atoms with E-state index in [1.807, 2.05) is 0 Å². The van der Waals surface area contributed by atoms with Gasteiger partial charge in [0.15, 0.2) is 0 Å². The van der Waals surface area contributed by atoms with Crippen molar-refractivity contribution in [3.8, 4) is 12.3 Å². The lowest BCUT2D eigenvalue weighted by Crippen LogP contribution is -2.35. The SMILES string of the molecule is C#CC1(NC(=O)c2cc(NC(=O)C3C(c4cc(F)cc(Cl)c4)C3(Cl)Cl)ccc2Cl)CC1. The summed E-state index contributed by atoms with van der Waals surface area (Å²) in [5.74, 6) is -0.361. The molecule has 0 saturated heterocycles. The molecule has 0 aliphatic heterocycles. The van der Waals surface area contributed by atoms with Crippen LogP contribution in [0, 0.1) is 24.1 Å². The van der Waals surface area contributed by atoms with Gasteiger partial charge >= 0.3 is 0 Å². The maximum absolute atomic E-state index is 13.7. The summed E-state index contributed by atoms with van der Waals surface area (Å²) in [6.07, 6.45) is 6.86. The minimum absolute atomic E-state index is 0.174. The van der Waals surface area contributed by atoms with Crippen LogP contribution in [-0.2, 0) is 4.79 Å². The molecule has 31 heavy (non-hydrogen) atoms. The molecule has 2 aliphatic rings. The van der Waals surface area contributed by atoms with Crippen molar-refractivity contribution in [1.29, 1.82) is 0 Å². The standard InChI is InChI=1S/C22H15Cl4FN2O2/c1-2-21(5-6-21)29-19(30)15-10-14(3-4-16(15)24)28-20(31)18-17(22(18,25)26)11-7-12(23)9-13(27)8-11/h1,3-4,7-10,17-18H,5-6H2,(H,28,31)(H,29,30). The highest BCUT2D eigenvalue weighted by Gasteiger charge is 2.67. The van der Waals surface area contributed by atoms with Gasteiger partial charge < -0.3 is 10.6 Å². The van der Waals surface area contributed by atoms with Crippen LogP contribution >= 0.6 is 46.4 Å². The lowest BCUT2D eigenvalue weighted by Gasteiger charge is -2.13. The molecule has 160 valence electrons. The van der Waals surface area contributed by atoms with E-state index >= 15 is 0 Å².